The van der Waals surface area contributed by atoms with Gasteiger partial charge in [-0.2, -0.15) is 0 Å². The predicted molar refractivity (Wildman–Crippen MR) is 111 cm³/mol. The summed E-state index contributed by atoms with van der Waals surface area (Å²) in [6, 6.07) is 12.7. The smallest absolute Gasteiger partial charge is 0.161 e. The van der Waals surface area contributed by atoms with Crippen LogP contribution in [0.2, 0.25) is 10.0 Å². The van der Waals surface area contributed by atoms with Crippen LogP contribution in [0.5, 0.6) is 17.2 Å². The molecule has 5 nitrogen and oxygen atoms in total. The molecule has 0 aliphatic carbocycles. The van der Waals surface area contributed by atoms with E-state index in [4.69, 9.17) is 37.4 Å². The molecule has 0 amide bonds. The quantitative estimate of drug-likeness (QED) is 0.683. The van der Waals surface area contributed by atoms with Gasteiger partial charge in [-0.1, -0.05) is 35.3 Å². The maximum atomic E-state index is 10.3. The van der Waals surface area contributed by atoms with Crippen molar-refractivity contribution in [3.8, 4) is 17.2 Å². The van der Waals surface area contributed by atoms with E-state index in [0.717, 1.165) is 31.7 Å². The number of nitrogens with zero attached hydrogens (tertiary/aromatic N) is 1. The summed E-state index contributed by atoms with van der Waals surface area (Å²) in [4.78, 5) is 2.23. The Morgan fingerprint density at radius 1 is 1.07 bits per heavy atom. The van der Waals surface area contributed by atoms with E-state index < -0.39 is 6.10 Å². The molecular formula is C21H25Cl2NO4. The molecule has 1 fully saturated rings. The van der Waals surface area contributed by atoms with Crippen molar-refractivity contribution in [3.63, 3.8) is 0 Å². The molecule has 1 aliphatic heterocycles. The maximum Gasteiger partial charge on any atom is 0.161 e. The molecule has 1 atom stereocenters. The van der Waals surface area contributed by atoms with Crippen LogP contribution in [0, 0.1) is 0 Å². The van der Waals surface area contributed by atoms with Crippen LogP contribution in [0.15, 0.2) is 42.5 Å². The van der Waals surface area contributed by atoms with Crippen LogP contribution in [0.4, 0.5) is 0 Å². The fourth-order valence-electron chi connectivity index (χ4n) is 3.23. The molecule has 152 valence electrons. The fraction of sp³-hybridized carbons (Fsp3) is 0.429. The maximum absolute atomic E-state index is 10.3. The molecule has 2 aromatic rings. The molecule has 0 aromatic heterocycles. The number of ether oxygens (including phenoxy) is 3. The molecule has 3 rings (SSSR count). The molecule has 2 aromatic carbocycles. The molecule has 0 radical (unpaired) electrons. The minimum absolute atomic E-state index is 0.135. The third-order valence-corrected chi connectivity index (χ3v) is 5.44. The molecule has 1 unspecified atom stereocenters. The van der Waals surface area contributed by atoms with Gasteiger partial charge in [-0.3, -0.25) is 0 Å². The number of benzene rings is 2. The SMILES string of the molecule is COc1ccccc1OCC(O)CN1CCC(Oc2ccc(Cl)c(Cl)c2)CC1. The Balaban J connectivity index is 1.40. The minimum atomic E-state index is -0.572. The van der Waals surface area contributed by atoms with E-state index in [9.17, 15) is 5.11 Å². The summed E-state index contributed by atoms with van der Waals surface area (Å²) < 4.78 is 17.0. The Kier molecular flexibility index (Phi) is 7.68. The summed E-state index contributed by atoms with van der Waals surface area (Å²) >= 11 is 12.0. The first-order valence-electron chi connectivity index (χ1n) is 9.33. The van der Waals surface area contributed by atoms with E-state index in [1.807, 2.05) is 30.3 Å². The van der Waals surface area contributed by atoms with Gasteiger partial charge in [0, 0.05) is 25.7 Å². The molecule has 7 heteroatoms. The zero-order valence-corrected chi connectivity index (χ0v) is 17.3. The van der Waals surface area contributed by atoms with Crippen LogP contribution in [-0.4, -0.2) is 55.6 Å². The number of hydrogen-bond acceptors (Lipinski definition) is 5. The summed E-state index contributed by atoms with van der Waals surface area (Å²) in [6.07, 6.45) is 1.34. The van der Waals surface area contributed by atoms with Gasteiger partial charge in [-0.15, -0.1) is 0 Å². The molecule has 1 heterocycles. The Labute approximate surface area is 175 Å². The molecule has 0 bridgehead atoms. The van der Waals surface area contributed by atoms with Crippen LogP contribution in [0.1, 0.15) is 12.8 Å². The molecule has 1 N–H and O–H groups in total. The van der Waals surface area contributed by atoms with Crippen molar-refractivity contribution < 1.29 is 19.3 Å². The van der Waals surface area contributed by atoms with Gasteiger partial charge in [0.25, 0.3) is 0 Å². The van der Waals surface area contributed by atoms with Crippen molar-refractivity contribution >= 4 is 23.2 Å². The second-order valence-electron chi connectivity index (χ2n) is 6.81. The lowest BCUT2D eigenvalue weighted by atomic mass is 10.1. The lowest BCUT2D eigenvalue weighted by Gasteiger charge is -2.33. The molecule has 1 aliphatic rings. The summed E-state index contributed by atoms with van der Waals surface area (Å²) in [5, 5.41) is 11.3. The van der Waals surface area contributed by atoms with Gasteiger partial charge in [0.1, 0.15) is 24.6 Å². The van der Waals surface area contributed by atoms with Gasteiger partial charge >= 0.3 is 0 Å². The average molecular weight is 426 g/mol. The van der Waals surface area contributed by atoms with Crippen LogP contribution in [0.3, 0.4) is 0 Å². The number of methoxy groups -OCH3 is 1. The van der Waals surface area contributed by atoms with E-state index in [2.05, 4.69) is 4.90 Å². The Morgan fingerprint density at radius 3 is 2.46 bits per heavy atom. The van der Waals surface area contributed by atoms with E-state index in [1.54, 1.807) is 19.2 Å². The standard InChI is InChI=1S/C21H25Cl2NO4/c1-26-20-4-2-3-5-21(20)27-14-15(25)13-24-10-8-16(9-11-24)28-17-6-7-18(22)19(23)12-17/h2-7,12,15-16,25H,8-11,13-14H2,1H3. The minimum Gasteiger partial charge on any atom is -0.493 e. The van der Waals surface area contributed by atoms with Gasteiger partial charge in [-0.25, -0.2) is 0 Å². The Hall–Kier alpha value is -1.66. The number of likely N-dealkylation sites (tertiary alicyclic amines) is 1. The highest BCUT2D eigenvalue weighted by Crippen LogP contribution is 2.28. The topological polar surface area (TPSA) is 51.2 Å². The number of para-hydroxylation sites is 2. The Morgan fingerprint density at radius 2 is 1.79 bits per heavy atom. The van der Waals surface area contributed by atoms with Crippen LogP contribution >= 0.6 is 23.2 Å². The third-order valence-electron chi connectivity index (χ3n) is 4.70. The number of hydrogen-bond donors (Lipinski definition) is 1. The number of aliphatic hydroxyl groups excluding tert-OH is 1. The average Bonchev–Trinajstić information content (AvgIpc) is 2.71. The van der Waals surface area contributed by atoms with Gasteiger partial charge in [0.15, 0.2) is 11.5 Å². The normalized spacial score (nSPS) is 16.6. The van der Waals surface area contributed by atoms with Crippen molar-refractivity contribution in [1.29, 1.82) is 0 Å². The number of halogens is 2. The lowest BCUT2D eigenvalue weighted by Crippen LogP contribution is -2.43. The third kappa shape index (κ3) is 5.92. The highest BCUT2D eigenvalue weighted by Gasteiger charge is 2.22. The summed E-state index contributed by atoms with van der Waals surface area (Å²) in [5.74, 6) is 2.03. The van der Waals surface area contributed by atoms with Gasteiger partial charge in [-0.05, 0) is 37.1 Å². The van der Waals surface area contributed by atoms with E-state index in [-0.39, 0.29) is 12.7 Å². The highest BCUT2D eigenvalue weighted by atomic mass is 35.5. The van der Waals surface area contributed by atoms with E-state index in [1.165, 1.54) is 0 Å². The van der Waals surface area contributed by atoms with Crippen molar-refractivity contribution in [2.45, 2.75) is 25.0 Å². The van der Waals surface area contributed by atoms with Gasteiger partial charge in [0.2, 0.25) is 0 Å². The highest BCUT2D eigenvalue weighted by molar-refractivity contribution is 6.42. The monoisotopic (exact) mass is 425 g/mol. The van der Waals surface area contributed by atoms with Crippen molar-refractivity contribution in [2.24, 2.45) is 0 Å². The fourth-order valence-corrected chi connectivity index (χ4v) is 3.52. The van der Waals surface area contributed by atoms with Gasteiger partial charge < -0.3 is 24.2 Å². The summed E-state index contributed by atoms with van der Waals surface area (Å²) in [7, 11) is 1.60. The first kappa shape index (κ1) is 21.1. The molecule has 0 saturated carbocycles. The first-order valence-corrected chi connectivity index (χ1v) is 10.1. The summed E-state index contributed by atoms with van der Waals surface area (Å²) in [6.45, 7) is 2.50. The number of β-amino-alcohol motifs (C(OH)–C–C–N with tert-alkyl or cyclic N) is 1. The Bertz CT molecular complexity index is 766. The van der Waals surface area contributed by atoms with Crippen molar-refractivity contribution in [1.82, 2.24) is 4.90 Å². The lowest BCUT2D eigenvalue weighted by molar-refractivity contribution is 0.0396. The molecule has 28 heavy (non-hydrogen) atoms. The van der Waals surface area contributed by atoms with E-state index >= 15 is 0 Å². The summed E-state index contributed by atoms with van der Waals surface area (Å²) in [5.41, 5.74) is 0. The molecule has 1 saturated heterocycles. The second-order valence-corrected chi connectivity index (χ2v) is 7.62. The van der Waals surface area contributed by atoms with Crippen LogP contribution in [0.25, 0.3) is 0 Å². The zero-order chi connectivity index (χ0) is 19.9. The second kappa shape index (κ2) is 10.2. The first-order chi connectivity index (χ1) is 13.5. The molecular weight excluding hydrogens is 401 g/mol. The predicted octanol–water partition coefficient (Wildman–Crippen LogP) is 4.29. The van der Waals surface area contributed by atoms with Crippen LogP contribution < -0.4 is 14.2 Å². The van der Waals surface area contributed by atoms with Crippen molar-refractivity contribution in [3.05, 3.63) is 52.5 Å². The van der Waals surface area contributed by atoms with Crippen LogP contribution in [-0.2, 0) is 0 Å². The largest absolute Gasteiger partial charge is 0.493 e. The van der Waals surface area contributed by atoms with Crippen molar-refractivity contribution in [2.75, 3.05) is 33.4 Å². The zero-order valence-electron chi connectivity index (χ0n) is 15.8. The number of aliphatic hydroxyl groups is 1. The van der Waals surface area contributed by atoms with Gasteiger partial charge in [0.05, 0.1) is 17.2 Å². The molecule has 0 spiro atoms. The van der Waals surface area contributed by atoms with E-state index in [0.29, 0.717) is 28.1 Å². The number of rotatable bonds is 8. The number of piperidine rings is 1.